The van der Waals surface area contributed by atoms with E-state index in [2.05, 4.69) is 15.6 Å². The molecule has 0 atom stereocenters. The van der Waals surface area contributed by atoms with Gasteiger partial charge in [-0.1, -0.05) is 0 Å². The maximum absolute atomic E-state index is 13.9. The molecule has 1 heterocycles. The molecule has 23 heavy (non-hydrogen) atoms. The summed E-state index contributed by atoms with van der Waals surface area (Å²) in [5, 5.41) is 8.38. The quantitative estimate of drug-likeness (QED) is 0.859. The summed E-state index contributed by atoms with van der Waals surface area (Å²) in [6, 6.07) is 4.31. The Bertz CT molecular complexity index is 695. The fourth-order valence-corrected chi connectivity index (χ4v) is 2.53. The monoisotopic (exact) mass is 337 g/mol. The summed E-state index contributed by atoms with van der Waals surface area (Å²) in [6.07, 6.45) is -0.578. The smallest absolute Gasteiger partial charge is 0.412 e. The molecular weight excluding hydrogens is 317 g/mol. The average Bonchev–Trinajstić information content (AvgIpc) is 2.83. The zero-order valence-electron chi connectivity index (χ0n) is 13.6. The molecule has 2 N–H and O–H groups in total. The number of amides is 1. The van der Waals surface area contributed by atoms with E-state index in [4.69, 9.17) is 4.74 Å². The lowest BCUT2D eigenvalue weighted by Gasteiger charge is -2.20. The maximum atomic E-state index is 13.9. The second-order valence-electron chi connectivity index (χ2n) is 6.06. The van der Waals surface area contributed by atoms with E-state index in [-0.39, 0.29) is 0 Å². The molecule has 7 heteroatoms. The number of aromatic nitrogens is 1. The second kappa shape index (κ2) is 6.95. The van der Waals surface area contributed by atoms with E-state index in [1.807, 2.05) is 12.3 Å². The first kappa shape index (κ1) is 17.2. The Balaban J connectivity index is 2.02. The van der Waals surface area contributed by atoms with Crippen LogP contribution in [0.4, 0.5) is 20.6 Å². The zero-order chi connectivity index (χ0) is 17.0. The van der Waals surface area contributed by atoms with Crippen molar-refractivity contribution in [3.63, 3.8) is 0 Å². The van der Waals surface area contributed by atoms with E-state index in [0.717, 1.165) is 10.7 Å². The Morgan fingerprint density at radius 1 is 1.39 bits per heavy atom. The van der Waals surface area contributed by atoms with Crippen molar-refractivity contribution < 1.29 is 13.9 Å². The highest BCUT2D eigenvalue weighted by Gasteiger charge is 2.16. The third-order valence-corrected chi connectivity index (χ3v) is 3.67. The van der Waals surface area contributed by atoms with Gasteiger partial charge in [0, 0.05) is 16.8 Å². The van der Waals surface area contributed by atoms with Crippen LogP contribution in [0.1, 0.15) is 31.5 Å². The summed E-state index contributed by atoms with van der Waals surface area (Å²) in [7, 11) is 0. The van der Waals surface area contributed by atoms with Crippen LogP contribution in [0.3, 0.4) is 0 Å². The number of ether oxygens (including phenoxy) is 1. The van der Waals surface area contributed by atoms with Crippen LogP contribution >= 0.6 is 11.3 Å². The minimum atomic E-state index is -0.589. The topological polar surface area (TPSA) is 63.2 Å². The lowest BCUT2D eigenvalue weighted by Crippen LogP contribution is -2.27. The molecule has 124 valence electrons. The van der Waals surface area contributed by atoms with Crippen molar-refractivity contribution in [3.05, 3.63) is 40.1 Å². The SMILES string of the molecule is Cc1csc(CNc2cc(NC(=O)OC(C)(C)C)ccc2F)n1. The minimum absolute atomic E-state index is 0.298. The molecule has 2 aromatic rings. The first-order valence-electron chi connectivity index (χ1n) is 7.17. The first-order chi connectivity index (χ1) is 10.7. The maximum Gasteiger partial charge on any atom is 0.412 e. The minimum Gasteiger partial charge on any atom is -0.444 e. The van der Waals surface area contributed by atoms with Crippen molar-refractivity contribution in [2.75, 3.05) is 10.6 Å². The average molecular weight is 337 g/mol. The molecule has 0 fully saturated rings. The van der Waals surface area contributed by atoms with Gasteiger partial charge < -0.3 is 10.1 Å². The summed E-state index contributed by atoms with van der Waals surface area (Å²) in [4.78, 5) is 16.1. The predicted molar refractivity (Wildman–Crippen MR) is 90.4 cm³/mol. The molecule has 0 aliphatic rings. The first-order valence-corrected chi connectivity index (χ1v) is 8.05. The number of hydrogen-bond donors (Lipinski definition) is 2. The molecule has 0 saturated heterocycles. The normalized spacial score (nSPS) is 11.2. The summed E-state index contributed by atoms with van der Waals surface area (Å²) < 4.78 is 19.0. The molecule has 0 aliphatic carbocycles. The molecular formula is C16H20FN3O2S. The van der Waals surface area contributed by atoms with Crippen molar-refractivity contribution in [1.29, 1.82) is 0 Å². The van der Waals surface area contributed by atoms with Gasteiger partial charge in [-0.2, -0.15) is 0 Å². The van der Waals surface area contributed by atoms with Crippen molar-refractivity contribution >= 4 is 28.8 Å². The third kappa shape index (κ3) is 5.52. The summed E-state index contributed by atoms with van der Waals surface area (Å²) in [5.74, 6) is -0.395. The zero-order valence-corrected chi connectivity index (χ0v) is 14.4. The lowest BCUT2D eigenvalue weighted by atomic mass is 10.2. The number of carbonyl (C=O) groups is 1. The number of halogens is 1. The number of rotatable bonds is 4. The van der Waals surface area contributed by atoms with Gasteiger partial charge in [0.1, 0.15) is 16.4 Å². The Kier molecular flexibility index (Phi) is 5.20. The van der Waals surface area contributed by atoms with Crippen LogP contribution in [0.2, 0.25) is 0 Å². The number of thiazole rings is 1. The van der Waals surface area contributed by atoms with Crippen LogP contribution in [0, 0.1) is 12.7 Å². The van der Waals surface area contributed by atoms with Crippen LogP contribution in [0.25, 0.3) is 0 Å². The summed E-state index contributed by atoms with van der Waals surface area (Å²) in [6.45, 7) is 7.66. The molecule has 1 aromatic heterocycles. The molecule has 0 bridgehead atoms. The molecule has 0 spiro atoms. The van der Waals surface area contributed by atoms with Crippen molar-refractivity contribution in [2.45, 2.75) is 39.8 Å². The van der Waals surface area contributed by atoms with E-state index in [0.29, 0.717) is 17.9 Å². The number of benzene rings is 1. The van der Waals surface area contributed by atoms with Crippen LogP contribution in [0.5, 0.6) is 0 Å². The number of anilines is 2. The van der Waals surface area contributed by atoms with Crippen LogP contribution < -0.4 is 10.6 Å². The Labute approximate surface area is 138 Å². The highest BCUT2D eigenvalue weighted by atomic mass is 32.1. The molecule has 5 nitrogen and oxygen atoms in total. The number of nitrogens with zero attached hydrogens (tertiary/aromatic N) is 1. The van der Waals surface area contributed by atoms with E-state index >= 15 is 0 Å². The van der Waals surface area contributed by atoms with Crippen LogP contribution in [-0.2, 0) is 11.3 Å². The summed E-state index contributed by atoms with van der Waals surface area (Å²) in [5.41, 5.74) is 1.10. The van der Waals surface area contributed by atoms with Crippen LogP contribution in [-0.4, -0.2) is 16.7 Å². The van der Waals surface area contributed by atoms with Gasteiger partial charge in [0.15, 0.2) is 0 Å². The highest BCUT2D eigenvalue weighted by Crippen LogP contribution is 2.21. The van der Waals surface area contributed by atoms with Gasteiger partial charge >= 0.3 is 6.09 Å². The van der Waals surface area contributed by atoms with E-state index < -0.39 is 17.5 Å². The molecule has 0 unspecified atom stereocenters. The van der Waals surface area contributed by atoms with Gasteiger partial charge in [-0.25, -0.2) is 14.2 Å². The fraction of sp³-hybridized carbons (Fsp3) is 0.375. The van der Waals surface area contributed by atoms with Gasteiger partial charge in [0.25, 0.3) is 0 Å². The van der Waals surface area contributed by atoms with E-state index in [1.165, 1.54) is 29.5 Å². The Morgan fingerprint density at radius 2 is 2.13 bits per heavy atom. The molecule has 0 radical (unpaired) electrons. The van der Waals surface area contributed by atoms with Gasteiger partial charge in [-0.05, 0) is 45.9 Å². The van der Waals surface area contributed by atoms with Gasteiger partial charge in [0.05, 0.1) is 12.2 Å². The molecule has 1 amide bonds. The molecule has 1 aromatic carbocycles. The Morgan fingerprint density at radius 3 is 2.74 bits per heavy atom. The van der Waals surface area contributed by atoms with Crippen LogP contribution in [0.15, 0.2) is 23.6 Å². The molecule has 0 saturated carbocycles. The second-order valence-corrected chi connectivity index (χ2v) is 7.00. The number of carbonyl (C=O) groups excluding carboxylic acids is 1. The Hall–Kier alpha value is -2.15. The highest BCUT2D eigenvalue weighted by molar-refractivity contribution is 7.09. The van der Waals surface area contributed by atoms with Gasteiger partial charge in [0.2, 0.25) is 0 Å². The summed E-state index contributed by atoms with van der Waals surface area (Å²) >= 11 is 1.51. The number of hydrogen-bond acceptors (Lipinski definition) is 5. The van der Waals surface area contributed by atoms with Gasteiger partial charge in [-0.3, -0.25) is 5.32 Å². The lowest BCUT2D eigenvalue weighted by molar-refractivity contribution is 0.0636. The number of aryl methyl sites for hydroxylation is 1. The predicted octanol–water partition coefficient (Wildman–Crippen LogP) is 4.55. The van der Waals surface area contributed by atoms with Crippen molar-refractivity contribution in [2.24, 2.45) is 0 Å². The van der Waals surface area contributed by atoms with Gasteiger partial charge in [-0.15, -0.1) is 11.3 Å². The third-order valence-electron chi connectivity index (χ3n) is 2.71. The van der Waals surface area contributed by atoms with E-state index in [1.54, 1.807) is 20.8 Å². The largest absolute Gasteiger partial charge is 0.444 e. The standard InChI is InChI=1S/C16H20FN3O2S/c1-10-9-23-14(19-10)8-18-13-7-11(5-6-12(13)17)20-15(21)22-16(2,3)4/h5-7,9,18H,8H2,1-4H3,(H,20,21). The fourth-order valence-electron chi connectivity index (χ4n) is 1.81. The van der Waals surface area contributed by atoms with Crippen molar-refractivity contribution in [1.82, 2.24) is 4.98 Å². The van der Waals surface area contributed by atoms with E-state index in [9.17, 15) is 9.18 Å². The molecule has 0 aliphatic heterocycles. The number of nitrogens with one attached hydrogen (secondary N) is 2. The van der Waals surface area contributed by atoms with Crippen molar-refractivity contribution in [3.8, 4) is 0 Å². The molecule has 2 rings (SSSR count).